The van der Waals surface area contributed by atoms with Crippen molar-refractivity contribution in [2.75, 3.05) is 27.2 Å². The molecule has 4 nitrogen and oxygen atoms in total. The van der Waals surface area contributed by atoms with Crippen molar-refractivity contribution < 1.29 is 4.79 Å². The molecule has 1 aliphatic carbocycles. The van der Waals surface area contributed by atoms with Crippen molar-refractivity contribution in [3.63, 3.8) is 0 Å². The van der Waals surface area contributed by atoms with E-state index in [-0.39, 0.29) is 6.03 Å². The molecule has 1 aliphatic rings. The molecule has 4 heteroatoms. The summed E-state index contributed by atoms with van der Waals surface area (Å²) in [5, 5.41) is 6.50. The van der Waals surface area contributed by atoms with Crippen molar-refractivity contribution in [3.05, 3.63) is 0 Å². The van der Waals surface area contributed by atoms with Gasteiger partial charge in [0.15, 0.2) is 0 Å². The number of nitrogens with one attached hydrogen (secondary N) is 2. The Kier molecular flexibility index (Phi) is 6.47. The number of amides is 2. The quantitative estimate of drug-likeness (QED) is 0.739. The first kappa shape index (κ1) is 15.3. The number of nitrogens with zero attached hydrogens (tertiary/aromatic N) is 1. The average Bonchev–Trinajstić information content (AvgIpc) is 2.34. The SMILES string of the molecule is CC(C)C1CCCCC1NCCNC(=O)N(C)C. The highest BCUT2D eigenvalue weighted by molar-refractivity contribution is 5.73. The van der Waals surface area contributed by atoms with Crippen LogP contribution in [0.25, 0.3) is 0 Å². The Morgan fingerprint density at radius 1 is 1.22 bits per heavy atom. The minimum Gasteiger partial charge on any atom is -0.337 e. The maximum absolute atomic E-state index is 11.4. The summed E-state index contributed by atoms with van der Waals surface area (Å²) < 4.78 is 0. The van der Waals surface area contributed by atoms with Crippen molar-refractivity contribution >= 4 is 6.03 Å². The van der Waals surface area contributed by atoms with Gasteiger partial charge in [0.25, 0.3) is 0 Å². The van der Waals surface area contributed by atoms with Gasteiger partial charge >= 0.3 is 6.03 Å². The first-order valence-electron chi connectivity index (χ1n) is 7.21. The summed E-state index contributed by atoms with van der Waals surface area (Å²) in [5.41, 5.74) is 0. The van der Waals surface area contributed by atoms with Crippen LogP contribution in [0.2, 0.25) is 0 Å². The molecule has 1 rings (SSSR count). The Hall–Kier alpha value is -0.770. The second kappa shape index (κ2) is 7.62. The fraction of sp³-hybridized carbons (Fsp3) is 0.929. The molecule has 106 valence electrons. The number of hydrogen-bond acceptors (Lipinski definition) is 2. The smallest absolute Gasteiger partial charge is 0.316 e. The molecule has 0 aromatic rings. The van der Waals surface area contributed by atoms with E-state index < -0.39 is 0 Å². The first-order valence-corrected chi connectivity index (χ1v) is 7.21. The van der Waals surface area contributed by atoms with E-state index in [1.165, 1.54) is 25.7 Å². The third kappa shape index (κ3) is 4.84. The van der Waals surface area contributed by atoms with Crippen molar-refractivity contribution in [1.29, 1.82) is 0 Å². The molecule has 0 heterocycles. The molecule has 1 fully saturated rings. The predicted molar refractivity (Wildman–Crippen MR) is 75.7 cm³/mol. The Balaban J connectivity index is 2.22. The van der Waals surface area contributed by atoms with Crippen LogP contribution in [0.4, 0.5) is 4.79 Å². The van der Waals surface area contributed by atoms with Gasteiger partial charge in [0.05, 0.1) is 0 Å². The minimum absolute atomic E-state index is 0.0131. The molecular weight excluding hydrogens is 226 g/mol. The Labute approximate surface area is 111 Å². The maximum Gasteiger partial charge on any atom is 0.316 e. The molecule has 0 spiro atoms. The largest absolute Gasteiger partial charge is 0.337 e. The van der Waals surface area contributed by atoms with E-state index in [9.17, 15) is 4.79 Å². The van der Waals surface area contributed by atoms with Crippen molar-refractivity contribution in [1.82, 2.24) is 15.5 Å². The zero-order valence-electron chi connectivity index (χ0n) is 12.3. The zero-order chi connectivity index (χ0) is 13.5. The van der Waals surface area contributed by atoms with Crippen LogP contribution in [0.3, 0.4) is 0 Å². The van der Waals surface area contributed by atoms with Crippen LogP contribution in [-0.2, 0) is 0 Å². The molecule has 0 saturated heterocycles. The van der Waals surface area contributed by atoms with Crippen LogP contribution < -0.4 is 10.6 Å². The summed E-state index contributed by atoms with van der Waals surface area (Å²) in [7, 11) is 3.53. The molecular formula is C14H29N3O. The van der Waals surface area contributed by atoms with E-state index in [2.05, 4.69) is 24.5 Å². The highest BCUT2D eigenvalue weighted by Crippen LogP contribution is 2.29. The summed E-state index contributed by atoms with van der Waals surface area (Å²) in [4.78, 5) is 12.9. The third-order valence-electron chi connectivity index (χ3n) is 3.89. The summed E-state index contributed by atoms with van der Waals surface area (Å²) in [6.07, 6.45) is 5.34. The van der Waals surface area contributed by atoms with Gasteiger partial charge in [0.2, 0.25) is 0 Å². The topological polar surface area (TPSA) is 44.4 Å². The van der Waals surface area contributed by atoms with Gasteiger partial charge in [-0.1, -0.05) is 26.7 Å². The van der Waals surface area contributed by atoms with Crippen molar-refractivity contribution in [2.45, 2.75) is 45.6 Å². The maximum atomic E-state index is 11.4. The zero-order valence-corrected chi connectivity index (χ0v) is 12.3. The predicted octanol–water partition coefficient (Wildman–Crippen LogP) is 2.06. The van der Waals surface area contributed by atoms with Crippen LogP contribution >= 0.6 is 0 Å². The van der Waals surface area contributed by atoms with Gasteiger partial charge < -0.3 is 15.5 Å². The normalized spacial score (nSPS) is 24.1. The van der Waals surface area contributed by atoms with Crippen LogP contribution in [0.1, 0.15) is 39.5 Å². The van der Waals surface area contributed by atoms with Crippen LogP contribution in [0.15, 0.2) is 0 Å². The van der Waals surface area contributed by atoms with Gasteiger partial charge in [-0.05, 0) is 24.7 Å². The van der Waals surface area contributed by atoms with Crippen molar-refractivity contribution in [2.24, 2.45) is 11.8 Å². The molecule has 2 atom stereocenters. The lowest BCUT2D eigenvalue weighted by Crippen LogP contribution is -2.45. The molecule has 18 heavy (non-hydrogen) atoms. The van der Waals surface area contributed by atoms with Gasteiger partial charge in [0.1, 0.15) is 0 Å². The van der Waals surface area contributed by atoms with Gasteiger partial charge in [-0.3, -0.25) is 0 Å². The molecule has 0 aromatic heterocycles. The number of hydrogen-bond donors (Lipinski definition) is 2. The van der Waals surface area contributed by atoms with E-state index in [1.54, 1.807) is 19.0 Å². The molecule has 2 amide bonds. The average molecular weight is 255 g/mol. The fourth-order valence-corrected chi connectivity index (χ4v) is 2.80. The molecule has 2 N–H and O–H groups in total. The minimum atomic E-state index is -0.0131. The van der Waals surface area contributed by atoms with Gasteiger partial charge in [-0.15, -0.1) is 0 Å². The highest BCUT2D eigenvalue weighted by atomic mass is 16.2. The molecule has 1 saturated carbocycles. The second-order valence-electron chi connectivity index (χ2n) is 5.88. The monoisotopic (exact) mass is 255 g/mol. The molecule has 2 unspecified atom stereocenters. The van der Waals surface area contributed by atoms with Gasteiger partial charge in [0, 0.05) is 33.2 Å². The molecule has 0 bridgehead atoms. The van der Waals surface area contributed by atoms with E-state index in [1.807, 2.05) is 0 Å². The van der Waals surface area contributed by atoms with E-state index in [0.29, 0.717) is 12.6 Å². The van der Waals surface area contributed by atoms with Crippen LogP contribution in [0.5, 0.6) is 0 Å². The summed E-state index contributed by atoms with van der Waals surface area (Å²) in [6, 6.07) is 0.621. The molecule has 0 radical (unpaired) electrons. The Morgan fingerprint density at radius 2 is 1.89 bits per heavy atom. The first-order chi connectivity index (χ1) is 8.52. The summed E-state index contributed by atoms with van der Waals surface area (Å²) in [5.74, 6) is 1.54. The third-order valence-corrected chi connectivity index (χ3v) is 3.89. The van der Waals surface area contributed by atoms with E-state index in [4.69, 9.17) is 0 Å². The molecule has 0 aromatic carbocycles. The standard InChI is InChI=1S/C14H29N3O/c1-11(2)12-7-5-6-8-13(12)15-9-10-16-14(18)17(3)4/h11-13,15H,5-10H2,1-4H3,(H,16,18). The Morgan fingerprint density at radius 3 is 2.50 bits per heavy atom. The second-order valence-corrected chi connectivity index (χ2v) is 5.88. The van der Waals surface area contributed by atoms with E-state index >= 15 is 0 Å². The van der Waals surface area contributed by atoms with Crippen LogP contribution in [-0.4, -0.2) is 44.2 Å². The van der Waals surface area contributed by atoms with E-state index in [0.717, 1.165) is 18.4 Å². The number of urea groups is 1. The number of carbonyl (C=O) groups is 1. The van der Waals surface area contributed by atoms with Crippen LogP contribution in [0, 0.1) is 11.8 Å². The summed E-state index contributed by atoms with van der Waals surface area (Å²) >= 11 is 0. The lowest BCUT2D eigenvalue weighted by Gasteiger charge is -2.35. The Bertz CT molecular complexity index is 253. The highest BCUT2D eigenvalue weighted by Gasteiger charge is 2.26. The van der Waals surface area contributed by atoms with Gasteiger partial charge in [-0.2, -0.15) is 0 Å². The lowest BCUT2D eigenvalue weighted by atomic mass is 9.78. The fourth-order valence-electron chi connectivity index (χ4n) is 2.80. The molecule has 0 aliphatic heterocycles. The number of carbonyl (C=O) groups excluding carboxylic acids is 1. The lowest BCUT2D eigenvalue weighted by molar-refractivity contribution is 0.203. The number of rotatable bonds is 5. The summed E-state index contributed by atoms with van der Waals surface area (Å²) in [6.45, 7) is 6.21. The van der Waals surface area contributed by atoms with Crippen molar-refractivity contribution in [3.8, 4) is 0 Å². The van der Waals surface area contributed by atoms with Gasteiger partial charge in [-0.25, -0.2) is 4.79 Å².